The van der Waals surface area contributed by atoms with Gasteiger partial charge in [0.15, 0.2) is 5.69 Å². The molecule has 3 rings (SSSR count). The molecule has 0 saturated carbocycles. The van der Waals surface area contributed by atoms with Gasteiger partial charge < -0.3 is 9.88 Å². The molecule has 0 aliphatic carbocycles. The maximum atomic E-state index is 12.5. The molecule has 1 aromatic heterocycles. The Hall–Kier alpha value is -2.47. The zero-order valence-corrected chi connectivity index (χ0v) is 15.1. The third-order valence-electron chi connectivity index (χ3n) is 4.01. The number of hydrogen-bond acceptors (Lipinski definition) is 3. The number of carbonyl (C=O) groups is 1. The highest BCUT2D eigenvalue weighted by Crippen LogP contribution is 2.17. The number of halogens is 1. The minimum absolute atomic E-state index is 0.115. The number of rotatable bonds is 2. The van der Waals surface area contributed by atoms with Crippen LogP contribution in [0.3, 0.4) is 0 Å². The van der Waals surface area contributed by atoms with Gasteiger partial charge in [0.1, 0.15) is 0 Å². The predicted octanol–water partition coefficient (Wildman–Crippen LogP) is 3.57. The van der Waals surface area contributed by atoms with E-state index in [9.17, 15) is 9.59 Å². The Labute approximate surface area is 147 Å². The van der Waals surface area contributed by atoms with Gasteiger partial charge in [-0.25, -0.2) is 4.98 Å². The second-order valence-electron chi connectivity index (χ2n) is 5.71. The summed E-state index contributed by atoms with van der Waals surface area (Å²) < 4.78 is 2.37. The van der Waals surface area contributed by atoms with Crippen LogP contribution in [-0.2, 0) is 7.05 Å². The van der Waals surface area contributed by atoms with Gasteiger partial charge in [0.05, 0.1) is 11.0 Å². The van der Waals surface area contributed by atoms with Gasteiger partial charge in [-0.15, -0.1) is 0 Å². The SMILES string of the molecule is Cc1cc2nc(C(=O)Nc3ccc(Br)cc3)c(=O)n(C)c2cc1C. The molecule has 1 amide bonds. The van der Waals surface area contributed by atoms with E-state index < -0.39 is 11.5 Å². The monoisotopic (exact) mass is 385 g/mol. The summed E-state index contributed by atoms with van der Waals surface area (Å²) in [5.41, 5.74) is 3.55. The molecule has 6 heteroatoms. The lowest BCUT2D eigenvalue weighted by atomic mass is 10.1. The molecule has 0 bridgehead atoms. The Morgan fingerprint density at radius 3 is 2.42 bits per heavy atom. The maximum absolute atomic E-state index is 12.5. The van der Waals surface area contributed by atoms with Crippen molar-refractivity contribution < 1.29 is 4.79 Å². The Morgan fingerprint density at radius 2 is 1.75 bits per heavy atom. The van der Waals surface area contributed by atoms with E-state index in [0.717, 1.165) is 15.6 Å². The van der Waals surface area contributed by atoms with Gasteiger partial charge in [-0.1, -0.05) is 15.9 Å². The number of nitrogens with one attached hydrogen (secondary N) is 1. The van der Waals surface area contributed by atoms with Gasteiger partial charge in [0, 0.05) is 17.2 Å². The molecule has 0 aliphatic rings. The van der Waals surface area contributed by atoms with Crippen LogP contribution in [0.25, 0.3) is 11.0 Å². The lowest BCUT2D eigenvalue weighted by Crippen LogP contribution is -2.29. The summed E-state index contributed by atoms with van der Waals surface area (Å²) in [6.07, 6.45) is 0. The molecule has 3 aromatic rings. The average molecular weight is 386 g/mol. The standard InChI is InChI=1S/C18H16BrN3O2/c1-10-8-14-15(9-11(10)2)22(3)18(24)16(21-14)17(23)20-13-6-4-12(19)5-7-13/h4-9H,1-3H3,(H,20,23). The maximum Gasteiger partial charge on any atom is 0.282 e. The van der Waals surface area contributed by atoms with Crippen molar-refractivity contribution in [2.75, 3.05) is 5.32 Å². The molecule has 1 heterocycles. The largest absolute Gasteiger partial charge is 0.320 e. The summed E-state index contributed by atoms with van der Waals surface area (Å²) in [5.74, 6) is -0.516. The van der Waals surface area contributed by atoms with Crippen molar-refractivity contribution in [3.8, 4) is 0 Å². The van der Waals surface area contributed by atoms with Gasteiger partial charge in [-0.3, -0.25) is 9.59 Å². The van der Waals surface area contributed by atoms with Crippen LogP contribution in [0.5, 0.6) is 0 Å². The normalized spacial score (nSPS) is 10.8. The topological polar surface area (TPSA) is 64.0 Å². The van der Waals surface area contributed by atoms with E-state index in [-0.39, 0.29) is 5.69 Å². The number of aryl methyl sites for hydroxylation is 3. The van der Waals surface area contributed by atoms with E-state index in [2.05, 4.69) is 26.2 Å². The van der Waals surface area contributed by atoms with Crippen LogP contribution < -0.4 is 10.9 Å². The molecular formula is C18H16BrN3O2. The van der Waals surface area contributed by atoms with Crippen molar-refractivity contribution in [1.82, 2.24) is 9.55 Å². The smallest absolute Gasteiger partial charge is 0.282 e. The molecule has 0 fully saturated rings. The van der Waals surface area contributed by atoms with Crippen molar-refractivity contribution in [2.24, 2.45) is 7.05 Å². The number of anilines is 1. The van der Waals surface area contributed by atoms with Crippen LogP contribution in [0, 0.1) is 13.8 Å². The van der Waals surface area contributed by atoms with Crippen LogP contribution in [0.4, 0.5) is 5.69 Å². The average Bonchev–Trinajstić information content (AvgIpc) is 2.55. The van der Waals surface area contributed by atoms with E-state index in [4.69, 9.17) is 0 Å². The number of fused-ring (bicyclic) bond motifs is 1. The number of aromatic nitrogens is 2. The molecule has 24 heavy (non-hydrogen) atoms. The molecule has 0 spiro atoms. The highest BCUT2D eigenvalue weighted by molar-refractivity contribution is 9.10. The summed E-state index contributed by atoms with van der Waals surface area (Å²) in [7, 11) is 1.65. The lowest BCUT2D eigenvalue weighted by Gasteiger charge is -2.10. The second kappa shape index (κ2) is 6.20. The molecule has 5 nitrogen and oxygen atoms in total. The number of hydrogen-bond donors (Lipinski definition) is 1. The number of nitrogens with zero attached hydrogens (tertiary/aromatic N) is 2. The van der Waals surface area contributed by atoms with Gasteiger partial charge in [0.25, 0.3) is 11.5 Å². The summed E-state index contributed by atoms with van der Waals surface area (Å²) in [6, 6.07) is 10.9. The van der Waals surface area contributed by atoms with Crippen molar-refractivity contribution in [2.45, 2.75) is 13.8 Å². The summed E-state index contributed by atoms with van der Waals surface area (Å²) in [4.78, 5) is 29.3. The molecule has 0 unspecified atom stereocenters. The fraction of sp³-hybridized carbons (Fsp3) is 0.167. The molecule has 2 aromatic carbocycles. The highest BCUT2D eigenvalue weighted by atomic mass is 79.9. The summed E-state index contributed by atoms with van der Waals surface area (Å²) in [6.45, 7) is 3.95. The van der Waals surface area contributed by atoms with Crippen molar-refractivity contribution in [3.63, 3.8) is 0 Å². The third-order valence-corrected chi connectivity index (χ3v) is 4.54. The lowest BCUT2D eigenvalue weighted by molar-refractivity contribution is 0.102. The zero-order valence-electron chi connectivity index (χ0n) is 13.6. The Kier molecular flexibility index (Phi) is 4.24. The second-order valence-corrected chi connectivity index (χ2v) is 6.63. The molecule has 0 radical (unpaired) electrons. The van der Waals surface area contributed by atoms with Crippen LogP contribution in [-0.4, -0.2) is 15.5 Å². The molecule has 122 valence electrons. The van der Waals surface area contributed by atoms with E-state index in [1.165, 1.54) is 4.57 Å². The minimum Gasteiger partial charge on any atom is -0.320 e. The number of amides is 1. The van der Waals surface area contributed by atoms with Crippen molar-refractivity contribution in [3.05, 3.63) is 68.0 Å². The highest BCUT2D eigenvalue weighted by Gasteiger charge is 2.17. The van der Waals surface area contributed by atoms with Gasteiger partial charge in [-0.05, 0) is 61.4 Å². The zero-order chi connectivity index (χ0) is 17.4. The van der Waals surface area contributed by atoms with Crippen LogP contribution in [0.2, 0.25) is 0 Å². The molecule has 0 atom stereocenters. The van der Waals surface area contributed by atoms with Gasteiger partial charge in [-0.2, -0.15) is 0 Å². The number of benzene rings is 2. The van der Waals surface area contributed by atoms with Gasteiger partial charge >= 0.3 is 0 Å². The van der Waals surface area contributed by atoms with Crippen LogP contribution in [0.1, 0.15) is 21.6 Å². The number of carbonyl (C=O) groups excluding carboxylic acids is 1. The molecule has 0 saturated heterocycles. The summed E-state index contributed by atoms with van der Waals surface area (Å²) >= 11 is 3.34. The first-order valence-corrected chi connectivity index (χ1v) is 8.21. The van der Waals surface area contributed by atoms with Gasteiger partial charge in [0.2, 0.25) is 0 Å². The van der Waals surface area contributed by atoms with E-state index in [1.54, 1.807) is 19.2 Å². The molecule has 1 N–H and O–H groups in total. The van der Waals surface area contributed by atoms with Crippen molar-refractivity contribution in [1.29, 1.82) is 0 Å². The van der Waals surface area contributed by atoms with E-state index in [0.29, 0.717) is 16.7 Å². The predicted molar refractivity (Wildman–Crippen MR) is 98.6 cm³/mol. The molecule has 0 aliphatic heterocycles. The Bertz CT molecular complexity index is 1010. The minimum atomic E-state index is -0.516. The fourth-order valence-electron chi connectivity index (χ4n) is 2.45. The first-order valence-electron chi connectivity index (χ1n) is 7.41. The third kappa shape index (κ3) is 2.97. The first kappa shape index (κ1) is 16.4. The van der Waals surface area contributed by atoms with Crippen LogP contribution >= 0.6 is 15.9 Å². The Morgan fingerprint density at radius 1 is 1.12 bits per heavy atom. The summed E-state index contributed by atoms with van der Waals surface area (Å²) in [5, 5.41) is 2.71. The fourth-order valence-corrected chi connectivity index (χ4v) is 2.72. The quantitative estimate of drug-likeness (QED) is 0.733. The molecular weight excluding hydrogens is 370 g/mol. The van der Waals surface area contributed by atoms with E-state index in [1.807, 2.05) is 38.1 Å². The Balaban J connectivity index is 2.07. The first-order chi connectivity index (χ1) is 11.4. The van der Waals surface area contributed by atoms with E-state index >= 15 is 0 Å². The van der Waals surface area contributed by atoms with Crippen LogP contribution in [0.15, 0.2) is 45.7 Å². The van der Waals surface area contributed by atoms with Crippen molar-refractivity contribution >= 4 is 38.6 Å².